The van der Waals surface area contributed by atoms with E-state index in [1.54, 1.807) is 14.2 Å². The van der Waals surface area contributed by atoms with Gasteiger partial charge in [-0.1, -0.05) is 44.8 Å². The first-order valence-corrected chi connectivity index (χ1v) is 12.1. The molecule has 5 heteroatoms. The molecule has 150 valence electrons. The molecule has 0 unspecified atom stereocenters. The van der Waals surface area contributed by atoms with Crippen molar-refractivity contribution in [3.63, 3.8) is 0 Å². The minimum atomic E-state index is -0.0634. The van der Waals surface area contributed by atoms with Gasteiger partial charge >= 0.3 is 0 Å². The van der Waals surface area contributed by atoms with Crippen LogP contribution in [-0.4, -0.2) is 25.1 Å². The van der Waals surface area contributed by atoms with Crippen molar-refractivity contribution in [2.75, 3.05) is 14.2 Å². The molecule has 0 aliphatic heterocycles. The largest absolute Gasteiger partial charge is 0.507 e. The van der Waals surface area contributed by atoms with E-state index >= 15 is 0 Å². The Balaban J connectivity index is 0.000000659. The molecule has 0 amide bonds. The number of rotatable bonds is 2. The molecule has 0 saturated heterocycles. The lowest BCUT2D eigenvalue weighted by molar-refractivity contribution is -0.129. The monoisotopic (exact) mass is 500 g/mol. The fourth-order valence-electron chi connectivity index (χ4n) is 5.88. The number of Topliss-reactive ketones (excluding diaryl/α,β-unsaturated/α-hetero) is 1. The van der Waals surface area contributed by atoms with Gasteiger partial charge in [0.05, 0.1) is 0 Å². The molecule has 2 saturated carbocycles. The van der Waals surface area contributed by atoms with Gasteiger partial charge in [0, 0.05) is 47.8 Å². The molecule has 2 fully saturated rings. The molecule has 4 atom stereocenters. The van der Waals surface area contributed by atoms with E-state index in [4.69, 9.17) is 0 Å². The van der Waals surface area contributed by atoms with Gasteiger partial charge in [-0.15, -0.1) is 0 Å². The van der Waals surface area contributed by atoms with Gasteiger partial charge in [-0.2, -0.15) is 0 Å². The Bertz CT molecular complexity index is 718. The number of carbonyl (C=O) groups is 1. The number of phenolic OH excluding ortho intramolecular Hbond substituents is 1. The zero-order chi connectivity index (χ0) is 19.8. The van der Waals surface area contributed by atoms with E-state index in [2.05, 4.69) is 49.6 Å². The molecule has 3 aliphatic rings. The highest BCUT2D eigenvalue weighted by atomic mass is 79.9. The third-order valence-electron chi connectivity index (χ3n) is 7.18. The zero-order valence-electron chi connectivity index (χ0n) is 16.5. The molecule has 0 spiro atoms. The zero-order valence-corrected chi connectivity index (χ0v) is 19.7. The van der Waals surface area contributed by atoms with Crippen LogP contribution in [0.4, 0.5) is 0 Å². The van der Waals surface area contributed by atoms with Crippen LogP contribution >= 0.6 is 31.9 Å². The smallest absolute Gasteiger partial charge is 0.139 e. The van der Waals surface area contributed by atoms with E-state index in [0.717, 1.165) is 49.7 Å². The van der Waals surface area contributed by atoms with Crippen molar-refractivity contribution < 1.29 is 14.6 Å². The minimum Gasteiger partial charge on any atom is -0.507 e. The predicted molar refractivity (Wildman–Crippen MR) is 116 cm³/mol. The summed E-state index contributed by atoms with van der Waals surface area (Å²) in [4.78, 5) is 12.5. The summed E-state index contributed by atoms with van der Waals surface area (Å²) in [6.45, 7) is 2.23. The highest BCUT2D eigenvalue weighted by Crippen LogP contribution is 2.60. The van der Waals surface area contributed by atoms with Crippen LogP contribution in [0.15, 0.2) is 6.07 Å². The Morgan fingerprint density at radius 3 is 2.52 bits per heavy atom. The quantitative estimate of drug-likeness (QED) is 0.515. The topological polar surface area (TPSA) is 46.5 Å². The van der Waals surface area contributed by atoms with Gasteiger partial charge < -0.3 is 9.84 Å². The molecule has 1 aromatic rings. The van der Waals surface area contributed by atoms with Gasteiger partial charge in [-0.3, -0.25) is 4.79 Å². The van der Waals surface area contributed by atoms with Crippen LogP contribution in [0.5, 0.6) is 5.75 Å². The number of ketones is 1. The number of phenols is 1. The van der Waals surface area contributed by atoms with Crippen LogP contribution < -0.4 is 0 Å². The van der Waals surface area contributed by atoms with Crippen LogP contribution in [0, 0.1) is 17.3 Å². The lowest BCUT2D eigenvalue weighted by Crippen LogP contribution is -2.42. The van der Waals surface area contributed by atoms with E-state index in [9.17, 15) is 9.90 Å². The molecular formula is C22H30Br2O3. The molecule has 3 aliphatic carbocycles. The lowest BCUT2D eigenvalue weighted by Gasteiger charge is -2.48. The third-order valence-corrected chi connectivity index (χ3v) is 8.35. The van der Waals surface area contributed by atoms with Gasteiger partial charge in [0.15, 0.2) is 0 Å². The van der Waals surface area contributed by atoms with Crippen molar-refractivity contribution >= 4 is 37.6 Å². The Labute approximate surface area is 179 Å². The summed E-state index contributed by atoms with van der Waals surface area (Å²) in [6.07, 6.45) is 6.22. The lowest BCUT2D eigenvalue weighted by atomic mass is 9.55. The number of carbonyl (C=O) groups excluding carboxylic acids is 1. The van der Waals surface area contributed by atoms with Crippen molar-refractivity contribution in [1.82, 2.24) is 0 Å². The molecular weight excluding hydrogens is 472 g/mol. The van der Waals surface area contributed by atoms with E-state index in [-0.39, 0.29) is 5.41 Å². The first-order chi connectivity index (χ1) is 12.9. The Hall–Kier alpha value is -0.390. The molecule has 0 bridgehead atoms. The third kappa shape index (κ3) is 3.53. The highest BCUT2D eigenvalue weighted by molar-refractivity contribution is 9.08. The predicted octanol–water partition coefficient (Wildman–Crippen LogP) is 5.87. The highest BCUT2D eigenvalue weighted by Gasteiger charge is 2.54. The van der Waals surface area contributed by atoms with Gasteiger partial charge in [0.1, 0.15) is 11.5 Å². The number of hydrogen-bond donors (Lipinski definition) is 1. The van der Waals surface area contributed by atoms with Crippen LogP contribution in [0.3, 0.4) is 0 Å². The SMILES string of the molecule is COC.C[C@]12CC[C@@H]3c4cc(CBr)c(O)c(CBr)c4CC[C@H]3[C@@H]1CCC2=O. The van der Waals surface area contributed by atoms with Gasteiger partial charge in [-0.25, -0.2) is 0 Å². The summed E-state index contributed by atoms with van der Waals surface area (Å²) in [5.74, 6) is 2.72. The van der Waals surface area contributed by atoms with E-state index in [0.29, 0.717) is 39.9 Å². The average molecular weight is 502 g/mol. The number of ether oxygens (including phenoxy) is 1. The summed E-state index contributed by atoms with van der Waals surface area (Å²) < 4.78 is 4.25. The Kier molecular flexibility index (Phi) is 6.75. The first-order valence-electron chi connectivity index (χ1n) is 9.84. The molecule has 3 nitrogen and oxygen atoms in total. The number of hydrogen-bond acceptors (Lipinski definition) is 3. The normalized spacial score (nSPS) is 31.4. The minimum absolute atomic E-state index is 0.0634. The van der Waals surface area contributed by atoms with Crippen molar-refractivity contribution in [3.8, 4) is 5.75 Å². The molecule has 0 heterocycles. The summed E-state index contributed by atoms with van der Waals surface area (Å²) in [5, 5.41) is 12.0. The summed E-state index contributed by atoms with van der Waals surface area (Å²) in [6, 6.07) is 2.24. The molecule has 27 heavy (non-hydrogen) atoms. The molecule has 1 N–H and O–H groups in total. The standard InChI is InChI=1S/C20H24Br2O2.C2H6O/c1-20-7-6-13-14(17(20)4-5-18(20)23)3-2-12-15(13)8-11(9-21)19(24)16(12)10-22;1-3-2/h8,13-14,17,24H,2-7,9-10H2,1H3;1-2H3/t13-,14+,17-,20-;/m0./s1. The number of benzene rings is 1. The Morgan fingerprint density at radius 2 is 1.89 bits per heavy atom. The Morgan fingerprint density at radius 1 is 1.19 bits per heavy atom. The second-order valence-corrected chi connectivity index (χ2v) is 9.56. The molecule has 1 aromatic carbocycles. The number of halogens is 2. The fraction of sp³-hybridized carbons (Fsp3) is 0.682. The summed E-state index contributed by atoms with van der Waals surface area (Å²) in [5.41, 5.74) is 4.83. The number of alkyl halides is 2. The second-order valence-electron chi connectivity index (χ2n) is 8.44. The van der Waals surface area contributed by atoms with Crippen LogP contribution in [0.25, 0.3) is 0 Å². The van der Waals surface area contributed by atoms with Crippen molar-refractivity contribution in [2.45, 2.75) is 62.0 Å². The number of fused-ring (bicyclic) bond motifs is 5. The van der Waals surface area contributed by atoms with Crippen molar-refractivity contribution in [1.29, 1.82) is 0 Å². The average Bonchev–Trinajstić information content (AvgIpc) is 2.96. The number of aromatic hydroxyl groups is 1. The van der Waals surface area contributed by atoms with Crippen LogP contribution in [0.2, 0.25) is 0 Å². The van der Waals surface area contributed by atoms with Gasteiger partial charge in [-0.05, 0) is 61.0 Å². The van der Waals surface area contributed by atoms with E-state index < -0.39 is 0 Å². The second kappa shape index (κ2) is 8.54. The summed E-state index contributed by atoms with van der Waals surface area (Å²) >= 11 is 7.11. The van der Waals surface area contributed by atoms with Gasteiger partial charge in [0.25, 0.3) is 0 Å². The first kappa shape index (κ1) is 21.3. The molecule has 0 aromatic heterocycles. The maximum atomic E-state index is 12.5. The van der Waals surface area contributed by atoms with E-state index in [1.807, 2.05) is 0 Å². The number of methoxy groups -OCH3 is 1. The molecule has 0 radical (unpaired) electrons. The summed E-state index contributed by atoms with van der Waals surface area (Å²) in [7, 11) is 3.25. The maximum Gasteiger partial charge on any atom is 0.139 e. The maximum absolute atomic E-state index is 12.5. The molecule has 4 rings (SSSR count). The van der Waals surface area contributed by atoms with Crippen LogP contribution in [-0.2, 0) is 26.6 Å². The van der Waals surface area contributed by atoms with Crippen LogP contribution in [0.1, 0.15) is 67.2 Å². The van der Waals surface area contributed by atoms with Crippen molar-refractivity contribution in [3.05, 3.63) is 28.3 Å². The van der Waals surface area contributed by atoms with Gasteiger partial charge in [0.2, 0.25) is 0 Å². The van der Waals surface area contributed by atoms with Crippen molar-refractivity contribution in [2.24, 2.45) is 17.3 Å². The fourth-order valence-corrected chi connectivity index (χ4v) is 6.92. The van der Waals surface area contributed by atoms with E-state index in [1.165, 1.54) is 11.1 Å².